The van der Waals surface area contributed by atoms with Gasteiger partial charge in [-0.1, -0.05) is 36.4 Å². The zero-order chi connectivity index (χ0) is 22.3. The minimum Gasteiger partial charge on any atom is -0.481 e. The van der Waals surface area contributed by atoms with Crippen molar-refractivity contribution in [2.75, 3.05) is 18.5 Å². The van der Waals surface area contributed by atoms with E-state index in [0.717, 1.165) is 16.1 Å². The second-order valence-corrected chi connectivity index (χ2v) is 8.03. The maximum atomic E-state index is 12.4. The number of carbonyl (C=O) groups is 2. The molecule has 4 rings (SSSR count). The quantitative estimate of drug-likeness (QED) is 0.382. The Morgan fingerprint density at radius 3 is 2.62 bits per heavy atom. The molecule has 0 spiro atoms. The molecule has 7 heteroatoms. The zero-order valence-corrected chi connectivity index (χ0v) is 18.4. The number of anilines is 1. The van der Waals surface area contributed by atoms with E-state index in [1.165, 1.54) is 0 Å². The number of esters is 1. The van der Waals surface area contributed by atoms with Gasteiger partial charge in [0.05, 0.1) is 24.2 Å². The molecular formula is C25H22N2O4S. The van der Waals surface area contributed by atoms with Crippen LogP contribution in [0.25, 0.3) is 22.2 Å². The SMILES string of the molecule is CCOC(=O)COc1cc(-c2ccccc2)nc2ccc(NC(=O)Cc3cccs3)cc12. The Bertz CT molecular complexity index is 1220. The molecule has 2 heterocycles. The van der Waals surface area contributed by atoms with Crippen LogP contribution in [0.4, 0.5) is 5.69 Å². The topological polar surface area (TPSA) is 77.5 Å². The highest BCUT2D eigenvalue weighted by Crippen LogP contribution is 2.32. The van der Waals surface area contributed by atoms with Crippen molar-refractivity contribution >= 4 is 39.8 Å². The summed E-state index contributed by atoms with van der Waals surface area (Å²) in [4.78, 5) is 30.0. The lowest BCUT2D eigenvalue weighted by molar-refractivity contribution is -0.145. The highest BCUT2D eigenvalue weighted by atomic mass is 32.1. The molecule has 6 nitrogen and oxygen atoms in total. The number of carbonyl (C=O) groups excluding carboxylic acids is 2. The highest BCUT2D eigenvalue weighted by molar-refractivity contribution is 7.10. The Kier molecular flexibility index (Phi) is 6.77. The van der Waals surface area contributed by atoms with Crippen molar-refractivity contribution in [2.45, 2.75) is 13.3 Å². The molecule has 2 aromatic carbocycles. The van der Waals surface area contributed by atoms with E-state index in [1.807, 2.05) is 66.0 Å². The first-order valence-corrected chi connectivity index (χ1v) is 11.1. The number of fused-ring (bicyclic) bond motifs is 1. The fourth-order valence-electron chi connectivity index (χ4n) is 3.26. The van der Waals surface area contributed by atoms with Crippen molar-refractivity contribution in [2.24, 2.45) is 0 Å². The van der Waals surface area contributed by atoms with E-state index < -0.39 is 5.97 Å². The number of amides is 1. The van der Waals surface area contributed by atoms with Crippen molar-refractivity contribution < 1.29 is 19.1 Å². The minimum atomic E-state index is -0.445. The molecule has 0 aliphatic heterocycles. The van der Waals surface area contributed by atoms with Crippen LogP contribution in [0.5, 0.6) is 5.75 Å². The maximum absolute atomic E-state index is 12.4. The summed E-state index contributed by atoms with van der Waals surface area (Å²) in [6.07, 6.45) is 0.313. The molecule has 162 valence electrons. The highest BCUT2D eigenvalue weighted by Gasteiger charge is 2.13. The van der Waals surface area contributed by atoms with Crippen LogP contribution in [-0.2, 0) is 20.7 Å². The smallest absolute Gasteiger partial charge is 0.344 e. The van der Waals surface area contributed by atoms with Crippen molar-refractivity contribution in [3.63, 3.8) is 0 Å². The van der Waals surface area contributed by atoms with Crippen LogP contribution in [0.1, 0.15) is 11.8 Å². The van der Waals surface area contributed by atoms with E-state index in [9.17, 15) is 9.59 Å². The summed E-state index contributed by atoms with van der Waals surface area (Å²) < 4.78 is 10.8. The predicted molar refractivity (Wildman–Crippen MR) is 126 cm³/mol. The van der Waals surface area contributed by atoms with E-state index in [0.29, 0.717) is 28.8 Å². The summed E-state index contributed by atoms with van der Waals surface area (Å²) >= 11 is 1.54. The van der Waals surface area contributed by atoms with Crippen LogP contribution >= 0.6 is 11.3 Å². The lowest BCUT2D eigenvalue weighted by Crippen LogP contribution is -2.15. The number of nitrogens with one attached hydrogen (secondary N) is 1. The van der Waals surface area contributed by atoms with Crippen LogP contribution < -0.4 is 10.1 Å². The van der Waals surface area contributed by atoms with Crippen molar-refractivity contribution in [1.82, 2.24) is 4.98 Å². The van der Waals surface area contributed by atoms with Gasteiger partial charge in [-0.25, -0.2) is 9.78 Å². The molecule has 32 heavy (non-hydrogen) atoms. The molecule has 0 saturated heterocycles. The molecule has 1 N–H and O–H groups in total. The fraction of sp³-hybridized carbons (Fsp3) is 0.160. The molecule has 0 saturated carbocycles. The third-order valence-electron chi connectivity index (χ3n) is 4.69. The van der Waals surface area contributed by atoms with Gasteiger partial charge in [-0.3, -0.25) is 4.79 Å². The van der Waals surface area contributed by atoms with E-state index in [-0.39, 0.29) is 19.1 Å². The molecule has 0 atom stereocenters. The van der Waals surface area contributed by atoms with Crippen LogP contribution in [0, 0.1) is 0 Å². The molecule has 0 fully saturated rings. The minimum absolute atomic E-state index is 0.102. The average Bonchev–Trinajstić information content (AvgIpc) is 3.31. The summed E-state index contributed by atoms with van der Waals surface area (Å²) in [5, 5.41) is 5.57. The third-order valence-corrected chi connectivity index (χ3v) is 5.57. The van der Waals surface area contributed by atoms with Gasteiger partial charge in [-0.05, 0) is 36.6 Å². The number of pyridine rings is 1. The van der Waals surface area contributed by atoms with Gasteiger partial charge >= 0.3 is 5.97 Å². The van der Waals surface area contributed by atoms with E-state index in [4.69, 9.17) is 14.5 Å². The first kappa shape index (κ1) is 21.5. The first-order chi connectivity index (χ1) is 15.6. The van der Waals surface area contributed by atoms with Crippen LogP contribution in [0.15, 0.2) is 72.1 Å². The van der Waals surface area contributed by atoms with Gasteiger partial charge in [0, 0.05) is 27.6 Å². The number of rotatable bonds is 8. The Morgan fingerprint density at radius 2 is 1.88 bits per heavy atom. The largest absolute Gasteiger partial charge is 0.481 e. The molecule has 4 aromatic rings. The van der Waals surface area contributed by atoms with Crippen molar-refractivity contribution in [3.8, 4) is 17.0 Å². The van der Waals surface area contributed by atoms with Gasteiger partial charge in [0.1, 0.15) is 5.75 Å². The second-order valence-electron chi connectivity index (χ2n) is 7.00. The molecule has 0 unspecified atom stereocenters. The van der Waals surface area contributed by atoms with Gasteiger partial charge in [0.2, 0.25) is 5.91 Å². The normalized spacial score (nSPS) is 10.7. The molecule has 0 aliphatic rings. The summed E-state index contributed by atoms with van der Waals surface area (Å²) in [5.74, 6) is -0.0509. The molecular weight excluding hydrogens is 424 g/mol. The van der Waals surface area contributed by atoms with Gasteiger partial charge in [-0.2, -0.15) is 0 Å². The summed E-state index contributed by atoms with van der Waals surface area (Å²) in [7, 11) is 0. The summed E-state index contributed by atoms with van der Waals surface area (Å²) in [5.41, 5.74) is 2.99. The first-order valence-electron chi connectivity index (χ1n) is 10.2. The van der Waals surface area contributed by atoms with Crippen LogP contribution in [0.3, 0.4) is 0 Å². The van der Waals surface area contributed by atoms with E-state index in [2.05, 4.69) is 5.32 Å². The summed E-state index contributed by atoms with van der Waals surface area (Å²) in [6.45, 7) is 1.82. The Balaban J connectivity index is 1.65. The molecule has 0 radical (unpaired) electrons. The van der Waals surface area contributed by atoms with Gasteiger partial charge in [-0.15, -0.1) is 11.3 Å². The standard InChI is InChI=1S/C25H22N2O4S/c1-2-30-25(29)16-31-23-15-22(17-7-4-3-5-8-17)27-21-11-10-18(13-20(21)23)26-24(28)14-19-9-6-12-32-19/h3-13,15H,2,14,16H2,1H3,(H,26,28). The van der Waals surface area contributed by atoms with Crippen LogP contribution in [-0.4, -0.2) is 30.1 Å². The van der Waals surface area contributed by atoms with Crippen molar-refractivity contribution in [3.05, 3.63) is 77.0 Å². The maximum Gasteiger partial charge on any atom is 0.344 e. The number of ether oxygens (including phenoxy) is 2. The number of thiophene rings is 1. The van der Waals surface area contributed by atoms with E-state index >= 15 is 0 Å². The fourth-order valence-corrected chi connectivity index (χ4v) is 3.97. The molecule has 2 aromatic heterocycles. The zero-order valence-electron chi connectivity index (χ0n) is 17.5. The number of benzene rings is 2. The third kappa shape index (κ3) is 5.31. The second kappa shape index (κ2) is 10.1. The number of hydrogen-bond acceptors (Lipinski definition) is 6. The Morgan fingerprint density at radius 1 is 1.03 bits per heavy atom. The summed E-state index contributed by atoms with van der Waals surface area (Å²) in [6, 6.07) is 20.8. The van der Waals surface area contributed by atoms with Crippen LogP contribution in [0.2, 0.25) is 0 Å². The van der Waals surface area contributed by atoms with E-state index in [1.54, 1.807) is 24.3 Å². The lowest BCUT2D eigenvalue weighted by atomic mass is 10.1. The Hall–Kier alpha value is -3.71. The molecule has 0 bridgehead atoms. The number of nitrogens with zero attached hydrogens (tertiary/aromatic N) is 1. The number of hydrogen-bond donors (Lipinski definition) is 1. The van der Waals surface area contributed by atoms with Gasteiger partial charge < -0.3 is 14.8 Å². The number of aromatic nitrogens is 1. The molecule has 1 amide bonds. The average molecular weight is 447 g/mol. The van der Waals surface area contributed by atoms with Crippen molar-refractivity contribution in [1.29, 1.82) is 0 Å². The monoisotopic (exact) mass is 446 g/mol. The van der Waals surface area contributed by atoms with Gasteiger partial charge in [0.25, 0.3) is 0 Å². The lowest BCUT2D eigenvalue weighted by Gasteiger charge is -2.13. The predicted octanol–water partition coefficient (Wildman–Crippen LogP) is 5.09. The molecule has 0 aliphatic carbocycles. The van der Waals surface area contributed by atoms with Gasteiger partial charge in [0.15, 0.2) is 6.61 Å². The Labute approximate surface area is 189 Å².